The summed E-state index contributed by atoms with van der Waals surface area (Å²) in [5.41, 5.74) is 8.70. The van der Waals surface area contributed by atoms with Crippen LogP contribution in [-0.2, 0) is 12.0 Å². The number of aryl methyl sites for hydroxylation is 1. The molecule has 0 atom stereocenters. The lowest BCUT2D eigenvalue weighted by atomic mass is 9.95. The Morgan fingerprint density at radius 1 is 1.04 bits per heavy atom. The molecule has 0 aliphatic heterocycles. The van der Waals surface area contributed by atoms with Crippen LogP contribution in [0.25, 0.3) is 11.0 Å². The fourth-order valence-corrected chi connectivity index (χ4v) is 2.85. The zero-order valence-electron chi connectivity index (χ0n) is 14.6. The highest BCUT2D eigenvalue weighted by molar-refractivity contribution is 5.76. The molecule has 4 heteroatoms. The molecule has 2 N–H and O–H groups in total. The van der Waals surface area contributed by atoms with Gasteiger partial charge in [0.15, 0.2) is 0 Å². The van der Waals surface area contributed by atoms with Crippen molar-refractivity contribution >= 4 is 16.7 Å². The summed E-state index contributed by atoms with van der Waals surface area (Å²) in [6, 6.07) is 15.8. The van der Waals surface area contributed by atoms with Gasteiger partial charge < -0.3 is 15.0 Å². The van der Waals surface area contributed by atoms with Crippen molar-refractivity contribution in [2.24, 2.45) is 0 Å². The van der Waals surface area contributed by atoms with Gasteiger partial charge >= 0.3 is 0 Å². The predicted octanol–water partition coefficient (Wildman–Crippen LogP) is 4.39. The van der Waals surface area contributed by atoms with Gasteiger partial charge in [0.25, 0.3) is 0 Å². The van der Waals surface area contributed by atoms with E-state index in [1.165, 1.54) is 5.52 Å². The average molecular weight is 323 g/mol. The number of nitrogens with two attached hydrogens (primary N) is 1. The number of nitrogen functional groups attached to an aromatic ring is 1. The van der Waals surface area contributed by atoms with Crippen molar-refractivity contribution in [3.8, 4) is 5.75 Å². The van der Waals surface area contributed by atoms with Gasteiger partial charge in [0.2, 0.25) is 0 Å². The third kappa shape index (κ3) is 3.53. The van der Waals surface area contributed by atoms with E-state index in [1.54, 1.807) is 0 Å². The summed E-state index contributed by atoms with van der Waals surface area (Å²) in [4.78, 5) is 4.84. The lowest BCUT2D eigenvalue weighted by molar-refractivity contribution is 0.300. The number of anilines is 1. The van der Waals surface area contributed by atoms with Gasteiger partial charge in [-0.05, 0) is 42.8 Å². The first-order valence-corrected chi connectivity index (χ1v) is 8.39. The standard InChI is InChI=1S/C20H25N3O/c1-20(2,3)19-22-17-7-4-5-8-18(17)23(19)13-6-14-24-16-11-9-15(21)10-12-16/h4-5,7-12H,6,13-14,21H2,1-3H3. The maximum Gasteiger partial charge on any atom is 0.119 e. The van der Waals surface area contributed by atoms with Crippen molar-refractivity contribution in [3.63, 3.8) is 0 Å². The number of rotatable bonds is 5. The number of ether oxygens (including phenoxy) is 1. The van der Waals surface area contributed by atoms with Gasteiger partial charge in [0, 0.05) is 17.6 Å². The van der Waals surface area contributed by atoms with Crippen molar-refractivity contribution in [2.45, 2.75) is 39.2 Å². The number of benzene rings is 2. The van der Waals surface area contributed by atoms with Crippen molar-refractivity contribution in [2.75, 3.05) is 12.3 Å². The van der Waals surface area contributed by atoms with E-state index in [-0.39, 0.29) is 5.41 Å². The van der Waals surface area contributed by atoms with Crippen LogP contribution >= 0.6 is 0 Å². The molecule has 1 heterocycles. The van der Waals surface area contributed by atoms with Crippen LogP contribution in [0.3, 0.4) is 0 Å². The van der Waals surface area contributed by atoms with Crippen LogP contribution in [0.5, 0.6) is 5.75 Å². The molecule has 0 saturated heterocycles. The van der Waals surface area contributed by atoms with Crippen molar-refractivity contribution in [3.05, 3.63) is 54.4 Å². The van der Waals surface area contributed by atoms with Gasteiger partial charge in [-0.1, -0.05) is 32.9 Å². The zero-order chi connectivity index (χ0) is 17.2. The molecular weight excluding hydrogens is 298 g/mol. The highest BCUT2D eigenvalue weighted by Gasteiger charge is 2.22. The summed E-state index contributed by atoms with van der Waals surface area (Å²) in [6.07, 6.45) is 0.924. The fraction of sp³-hybridized carbons (Fsp3) is 0.350. The number of imidazole rings is 1. The van der Waals surface area contributed by atoms with Gasteiger partial charge in [-0.3, -0.25) is 0 Å². The Balaban J connectivity index is 1.71. The van der Waals surface area contributed by atoms with Crippen LogP contribution < -0.4 is 10.5 Å². The molecule has 24 heavy (non-hydrogen) atoms. The van der Waals surface area contributed by atoms with Gasteiger partial charge in [-0.25, -0.2) is 4.98 Å². The van der Waals surface area contributed by atoms with Gasteiger partial charge in [0.1, 0.15) is 11.6 Å². The van der Waals surface area contributed by atoms with E-state index in [4.69, 9.17) is 15.5 Å². The lowest BCUT2D eigenvalue weighted by Crippen LogP contribution is -2.19. The highest BCUT2D eigenvalue weighted by atomic mass is 16.5. The molecule has 2 aromatic carbocycles. The number of nitrogens with zero attached hydrogens (tertiary/aromatic N) is 2. The summed E-state index contributed by atoms with van der Waals surface area (Å²) in [6.45, 7) is 8.17. The monoisotopic (exact) mass is 323 g/mol. The minimum atomic E-state index is 0.0107. The molecule has 0 radical (unpaired) electrons. The Morgan fingerprint density at radius 3 is 2.46 bits per heavy atom. The summed E-state index contributed by atoms with van der Waals surface area (Å²) < 4.78 is 8.13. The summed E-state index contributed by atoms with van der Waals surface area (Å²) in [7, 11) is 0. The molecule has 3 aromatic rings. The summed E-state index contributed by atoms with van der Waals surface area (Å²) in [5, 5.41) is 0. The van der Waals surface area contributed by atoms with Crippen molar-refractivity contribution in [1.82, 2.24) is 9.55 Å². The molecule has 0 amide bonds. The number of para-hydroxylation sites is 2. The van der Waals surface area contributed by atoms with Gasteiger partial charge in [0.05, 0.1) is 17.6 Å². The van der Waals surface area contributed by atoms with Crippen LogP contribution in [0.4, 0.5) is 5.69 Å². The first-order valence-electron chi connectivity index (χ1n) is 8.39. The molecule has 4 nitrogen and oxygen atoms in total. The number of aromatic nitrogens is 2. The number of hydrogen-bond acceptors (Lipinski definition) is 3. The molecule has 0 aliphatic carbocycles. The quantitative estimate of drug-likeness (QED) is 0.560. The molecule has 0 saturated carbocycles. The smallest absolute Gasteiger partial charge is 0.119 e. The first-order chi connectivity index (χ1) is 11.4. The van der Waals surface area contributed by atoms with Crippen molar-refractivity contribution in [1.29, 1.82) is 0 Å². The lowest BCUT2D eigenvalue weighted by Gasteiger charge is -2.20. The van der Waals surface area contributed by atoms with Crippen LogP contribution in [-0.4, -0.2) is 16.2 Å². The normalized spacial score (nSPS) is 11.8. The predicted molar refractivity (Wildman–Crippen MR) is 99.4 cm³/mol. The molecule has 0 unspecified atom stereocenters. The minimum Gasteiger partial charge on any atom is -0.494 e. The van der Waals surface area contributed by atoms with Gasteiger partial charge in [-0.2, -0.15) is 0 Å². The zero-order valence-corrected chi connectivity index (χ0v) is 14.6. The topological polar surface area (TPSA) is 53.1 Å². The Bertz CT molecular complexity index is 813. The molecule has 126 valence electrons. The molecular formula is C20H25N3O. The molecule has 3 rings (SSSR count). The fourth-order valence-electron chi connectivity index (χ4n) is 2.85. The second kappa shape index (κ2) is 6.56. The largest absolute Gasteiger partial charge is 0.494 e. The SMILES string of the molecule is CC(C)(C)c1nc2ccccc2n1CCCOc1ccc(N)cc1. The van der Waals surface area contributed by atoms with E-state index in [9.17, 15) is 0 Å². The number of fused-ring (bicyclic) bond motifs is 1. The second-order valence-electron chi connectivity index (χ2n) is 7.10. The van der Waals surface area contributed by atoms with E-state index >= 15 is 0 Å². The van der Waals surface area contributed by atoms with Gasteiger partial charge in [-0.15, -0.1) is 0 Å². The van der Waals surface area contributed by atoms with Crippen molar-refractivity contribution < 1.29 is 4.74 Å². The summed E-state index contributed by atoms with van der Waals surface area (Å²) in [5.74, 6) is 1.98. The minimum absolute atomic E-state index is 0.0107. The Labute approximate surface area is 143 Å². The molecule has 0 spiro atoms. The maximum atomic E-state index is 5.81. The second-order valence-corrected chi connectivity index (χ2v) is 7.10. The molecule has 0 bridgehead atoms. The Hall–Kier alpha value is -2.49. The van der Waals surface area contributed by atoms with E-state index in [2.05, 4.69) is 43.5 Å². The van der Waals surface area contributed by atoms with E-state index in [0.29, 0.717) is 6.61 Å². The Kier molecular flexibility index (Phi) is 4.47. The summed E-state index contributed by atoms with van der Waals surface area (Å²) >= 11 is 0. The molecule has 0 aliphatic rings. The number of hydrogen-bond donors (Lipinski definition) is 1. The van der Waals surface area contributed by atoms with Crippen LogP contribution in [0.2, 0.25) is 0 Å². The first kappa shape index (κ1) is 16.4. The van der Waals surface area contributed by atoms with E-state index < -0.39 is 0 Å². The molecule has 0 fully saturated rings. The van der Waals surface area contributed by atoms with Crippen LogP contribution in [0.1, 0.15) is 33.0 Å². The maximum absolute atomic E-state index is 5.81. The Morgan fingerprint density at radius 2 is 1.75 bits per heavy atom. The third-order valence-electron chi connectivity index (χ3n) is 4.00. The molecule has 1 aromatic heterocycles. The van der Waals surface area contributed by atoms with E-state index in [1.807, 2.05) is 30.3 Å². The van der Waals surface area contributed by atoms with Crippen LogP contribution in [0.15, 0.2) is 48.5 Å². The van der Waals surface area contributed by atoms with E-state index in [0.717, 1.165) is 35.7 Å². The highest BCUT2D eigenvalue weighted by Crippen LogP contribution is 2.26. The van der Waals surface area contributed by atoms with Crippen LogP contribution in [0, 0.1) is 0 Å². The average Bonchev–Trinajstić information content (AvgIpc) is 2.92. The third-order valence-corrected chi connectivity index (χ3v) is 4.00.